The third kappa shape index (κ3) is 2.81. The minimum absolute atomic E-state index is 0.214. The number of hydrogen-bond acceptors (Lipinski definition) is 3. The molecule has 112 valence electrons. The largest absolute Gasteiger partial charge is 0.368 e. The highest BCUT2D eigenvalue weighted by Gasteiger charge is 2.17. The molecule has 1 atom stereocenters. The lowest BCUT2D eigenvalue weighted by atomic mass is 10.1. The monoisotopic (exact) mass is 290 g/mol. The standard InChI is InChI=1S/C14H18N4O3/c1-3-9(12(15)19)16-13(20)8-5-6-10-11(7-8)18(4-2)14(21)17-10/h5-7,9H,3-4H2,1-2H3,(H2,15,19)(H,16,20)(H,17,21)/t9-/m1/s1. The molecule has 2 aromatic rings. The maximum absolute atomic E-state index is 12.2. The van der Waals surface area contributed by atoms with E-state index in [-0.39, 0.29) is 11.6 Å². The van der Waals surface area contributed by atoms with Crippen LogP contribution in [-0.2, 0) is 11.3 Å². The summed E-state index contributed by atoms with van der Waals surface area (Å²) in [6.45, 7) is 4.12. The SMILES string of the molecule is CC[C@@H](NC(=O)c1ccc2[nH]c(=O)n(CC)c2c1)C(N)=O. The molecule has 21 heavy (non-hydrogen) atoms. The zero-order valence-corrected chi connectivity index (χ0v) is 12.0. The van der Waals surface area contributed by atoms with Crippen molar-refractivity contribution in [1.29, 1.82) is 0 Å². The number of amides is 2. The van der Waals surface area contributed by atoms with Crippen molar-refractivity contribution in [2.24, 2.45) is 5.73 Å². The van der Waals surface area contributed by atoms with Crippen LogP contribution in [0, 0.1) is 0 Å². The second-order valence-electron chi connectivity index (χ2n) is 4.74. The summed E-state index contributed by atoms with van der Waals surface area (Å²) in [5, 5.41) is 2.58. The second kappa shape index (κ2) is 5.82. The number of aryl methyl sites for hydroxylation is 1. The first-order valence-corrected chi connectivity index (χ1v) is 6.80. The summed E-state index contributed by atoms with van der Waals surface area (Å²) in [4.78, 5) is 37.7. The number of carbonyl (C=O) groups is 2. The topological polar surface area (TPSA) is 110 Å². The van der Waals surface area contributed by atoms with Gasteiger partial charge in [0.15, 0.2) is 0 Å². The Balaban J connectivity index is 2.36. The van der Waals surface area contributed by atoms with E-state index in [2.05, 4.69) is 10.3 Å². The lowest BCUT2D eigenvalue weighted by molar-refractivity contribution is -0.119. The van der Waals surface area contributed by atoms with E-state index in [9.17, 15) is 14.4 Å². The first kappa shape index (κ1) is 14.8. The summed E-state index contributed by atoms with van der Waals surface area (Å²) in [6.07, 6.45) is 0.424. The Morgan fingerprint density at radius 1 is 1.38 bits per heavy atom. The van der Waals surface area contributed by atoms with Crippen LogP contribution in [0.2, 0.25) is 0 Å². The van der Waals surface area contributed by atoms with Crippen LogP contribution in [0.4, 0.5) is 0 Å². The Labute approximate surface area is 121 Å². The van der Waals surface area contributed by atoms with Crippen molar-refractivity contribution in [1.82, 2.24) is 14.9 Å². The first-order chi connectivity index (χ1) is 9.97. The van der Waals surface area contributed by atoms with E-state index in [0.29, 0.717) is 29.6 Å². The number of aromatic amines is 1. The summed E-state index contributed by atoms with van der Waals surface area (Å²) < 4.78 is 1.54. The van der Waals surface area contributed by atoms with E-state index in [0.717, 1.165) is 0 Å². The molecule has 0 saturated carbocycles. The Hall–Kier alpha value is -2.57. The van der Waals surface area contributed by atoms with Gasteiger partial charge in [0.1, 0.15) is 6.04 Å². The number of benzene rings is 1. The van der Waals surface area contributed by atoms with Crippen molar-refractivity contribution >= 4 is 22.8 Å². The molecule has 7 nitrogen and oxygen atoms in total. The minimum Gasteiger partial charge on any atom is -0.368 e. The van der Waals surface area contributed by atoms with Crippen LogP contribution in [0.3, 0.4) is 0 Å². The van der Waals surface area contributed by atoms with Gasteiger partial charge < -0.3 is 16.0 Å². The summed E-state index contributed by atoms with van der Waals surface area (Å²) in [6, 6.07) is 4.19. The highest BCUT2D eigenvalue weighted by molar-refractivity contribution is 5.99. The number of fused-ring (bicyclic) bond motifs is 1. The molecule has 0 radical (unpaired) electrons. The van der Waals surface area contributed by atoms with Crippen molar-refractivity contribution in [2.45, 2.75) is 32.9 Å². The molecule has 2 amide bonds. The van der Waals surface area contributed by atoms with Crippen LogP contribution in [-0.4, -0.2) is 27.4 Å². The van der Waals surface area contributed by atoms with Crippen LogP contribution in [0.15, 0.2) is 23.0 Å². The van der Waals surface area contributed by atoms with Crippen LogP contribution >= 0.6 is 0 Å². The molecule has 4 N–H and O–H groups in total. The Bertz CT molecular complexity index is 744. The number of primary amides is 1. The quantitative estimate of drug-likeness (QED) is 0.738. The molecule has 0 fully saturated rings. The Kier molecular flexibility index (Phi) is 4.11. The normalized spacial score (nSPS) is 12.3. The predicted octanol–water partition coefficient (Wildman–Crippen LogP) is 0.343. The van der Waals surface area contributed by atoms with E-state index in [4.69, 9.17) is 5.73 Å². The van der Waals surface area contributed by atoms with Crippen LogP contribution in [0.5, 0.6) is 0 Å². The fourth-order valence-corrected chi connectivity index (χ4v) is 2.22. The first-order valence-electron chi connectivity index (χ1n) is 6.80. The van der Waals surface area contributed by atoms with Crippen molar-refractivity contribution in [3.63, 3.8) is 0 Å². The highest BCUT2D eigenvalue weighted by Crippen LogP contribution is 2.13. The molecular weight excluding hydrogens is 272 g/mol. The zero-order valence-electron chi connectivity index (χ0n) is 12.0. The van der Waals surface area contributed by atoms with Crippen LogP contribution < -0.4 is 16.7 Å². The van der Waals surface area contributed by atoms with E-state index in [1.54, 1.807) is 25.1 Å². The molecule has 0 bridgehead atoms. The maximum Gasteiger partial charge on any atom is 0.326 e. The number of H-pyrrole nitrogens is 1. The molecule has 1 aromatic carbocycles. The second-order valence-corrected chi connectivity index (χ2v) is 4.74. The number of imidazole rings is 1. The number of carbonyl (C=O) groups excluding carboxylic acids is 2. The smallest absolute Gasteiger partial charge is 0.326 e. The van der Waals surface area contributed by atoms with Gasteiger partial charge in [-0.15, -0.1) is 0 Å². The number of nitrogens with one attached hydrogen (secondary N) is 2. The van der Waals surface area contributed by atoms with Gasteiger partial charge in [-0.3, -0.25) is 14.2 Å². The van der Waals surface area contributed by atoms with Gasteiger partial charge in [0.2, 0.25) is 5.91 Å². The van der Waals surface area contributed by atoms with Gasteiger partial charge in [0.05, 0.1) is 11.0 Å². The molecule has 7 heteroatoms. The third-order valence-electron chi connectivity index (χ3n) is 3.41. The molecule has 0 aliphatic rings. The predicted molar refractivity (Wildman–Crippen MR) is 79.0 cm³/mol. The van der Waals surface area contributed by atoms with Gasteiger partial charge in [-0.2, -0.15) is 0 Å². The summed E-state index contributed by atoms with van der Waals surface area (Å²) in [5.74, 6) is -0.960. The average molecular weight is 290 g/mol. The molecule has 0 spiro atoms. The molecule has 1 heterocycles. The summed E-state index contributed by atoms with van der Waals surface area (Å²) >= 11 is 0. The fraction of sp³-hybridized carbons (Fsp3) is 0.357. The molecule has 0 aliphatic carbocycles. The lowest BCUT2D eigenvalue weighted by Crippen LogP contribution is -2.43. The Morgan fingerprint density at radius 3 is 2.67 bits per heavy atom. The maximum atomic E-state index is 12.2. The van der Waals surface area contributed by atoms with Crippen LogP contribution in [0.1, 0.15) is 30.6 Å². The number of rotatable bonds is 5. The highest BCUT2D eigenvalue weighted by atomic mass is 16.2. The number of nitrogens with two attached hydrogens (primary N) is 1. The van der Waals surface area contributed by atoms with Gasteiger partial charge in [0.25, 0.3) is 5.91 Å². The Morgan fingerprint density at radius 2 is 2.10 bits per heavy atom. The van der Waals surface area contributed by atoms with Gasteiger partial charge in [-0.25, -0.2) is 4.79 Å². The van der Waals surface area contributed by atoms with Crippen molar-refractivity contribution < 1.29 is 9.59 Å². The van der Waals surface area contributed by atoms with E-state index >= 15 is 0 Å². The molecule has 0 unspecified atom stereocenters. The molecule has 2 rings (SSSR count). The average Bonchev–Trinajstić information content (AvgIpc) is 2.78. The fourth-order valence-electron chi connectivity index (χ4n) is 2.22. The molecule has 1 aromatic heterocycles. The van der Waals surface area contributed by atoms with Crippen molar-refractivity contribution in [3.05, 3.63) is 34.2 Å². The van der Waals surface area contributed by atoms with E-state index in [1.165, 1.54) is 4.57 Å². The number of hydrogen-bond donors (Lipinski definition) is 3. The summed E-state index contributed by atoms with van der Waals surface area (Å²) in [5.41, 5.74) is 6.69. The molecule has 0 saturated heterocycles. The van der Waals surface area contributed by atoms with Gasteiger partial charge in [0, 0.05) is 12.1 Å². The summed E-state index contributed by atoms with van der Waals surface area (Å²) in [7, 11) is 0. The van der Waals surface area contributed by atoms with Crippen molar-refractivity contribution in [3.8, 4) is 0 Å². The minimum atomic E-state index is -0.701. The molecular formula is C14H18N4O3. The van der Waals surface area contributed by atoms with Gasteiger partial charge in [-0.05, 0) is 31.5 Å². The van der Waals surface area contributed by atoms with Crippen molar-refractivity contribution in [2.75, 3.05) is 0 Å². The van der Waals surface area contributed by atoms with E-state index in [1.807, 2.05) is 6.92 Å². The van der Waals surface area contributed by atoms with Gasteiger partial charge >= 0.3 is 5.69 Å². The number of aromatic nitrogens is 2. The van der Waals surface area contributed by atoms with Crippen LogP contribution in [0.25, 0.3) is 11.0 Å². The number of nitrogens with zero attached hydrogens (tertiary/aromatic N) is 1. The molecule has 0 aliphatic heterocycles. The van der Waals surface area contributed by atoms with E-state index < -0.39 is 11.9 Å². The zero-order chi connectivity index (χ0) is 15.6. The lowest BCUT2D eigenvalue weighted by Gasteiger charge is -2.13. The third-order valence-corrected chi connectivity index (χ3v) is 3.41. The van der Waals surface area contributed by atoms with Gasteiger partial charge in [-0.1, -0.05) is 6.92 Å².